The number of carbonyl (C=O) groups is 1. The first kappa shape index (κ1) is 73.0. The molecule has 440 valence electrons. The maximum absolute atomic E-state index is 13.0. The van der Waals surface area contributed by atoms with Gasteiger partial charge in [0, 0.05) is 6.42 Å². The summed E-state index contributed by atoms with van der Waals surface area (Å²) in [7, 11) is 1.57. The largest absolute Gasteiger partial charge is 0.472 e. The molecular formula is C65H130N2O6P+. The van der Waals surface area contributed by atoms with Crippen molar-refractivity contribution in [1.82, 2.24) is 5.32 Å². The molecule has 0 saturated heterocycles. The van der Waals surface area contributed by atoms with Gasteiger partial charge in [-0.2, -0.15) is 0 Å². The fourth-order valence-electron chi connectivity index (χ4n) is 10.1. The number of carbonyl (C=O) groups excluding carboxylic acids is 1. The van der Waals surface area contributed by atoms with Gasteiger partial charge in [-0.05, 0) is 32.1 Å². The van der Waals surface area contributed by atoms with Crippen LogP contribution in [0.3, 0.4) is 0 Å². The number of nitrogens with zero attached hydrogens (tertiary/aromatic N) is 1. The van der Waals surface area contributed by atoms with Crippen LogP contribution in [0.1, 0.15) is 335 Å². The lowest BCUT2D eigenvalue weighted by molar-refractivity contribution is -0.870. The number of aliphatic hydroxyl groups is 1. The van der Waals surface area contributed by atoms with Gasteiger partial charge < -0.3 is 19.8 Å². The minimum atomic E-state index is -4.36. The van der Waals surface area contributed by atoms with Gasteiger partial charge in [0.1, 0.15) is 13.2 Å². The average Bonchev–Trinajstić information content (AvgIpc) is 3.36. The first-order valence-corrected chi connectivity index (χ1v) is 34.2. The maximum Gasteiger partial charge on any atom is 0.472 e. The van der Waals surface area contributed by atoms with Crippen LogP contribution in [-0.4, -0.2) is 73.4 Å². The summed E-state index contributed by atoms with van der Waals surface area (Å²) < 4.78 is 23.8. The SMILES string of the molecule is CCCCCCCCCCCCCCCCCCCCCCCCC/C=C/CC/C=C/C(O)C(COP(=O)(O)OCC[N+](C)(C)C)NC(=O)CCCCCCCCCCCCCCCCCCCCCCCCC. The predicted molar refractivity (Wildman–Crippen MR) is 323 cm³/mol. The highest BCUT2D eigenvalue weighted by Crippen LogP contribution is 2.43. The fraction of sp³-hybridized carbons (Fsp3) is 0.923. The molecule has 0 aromatic heterocycles. The van der Waals surface area contributed by atoms with Crippen LogP contribution in [0.4, 0.5) is 0 Å². The van der Waals surface area contributed by atoms with Gasteiger partial charge in [-0.15, -0.1) is 0 Å². The minimum absolute atomic E-state index is 0.0590. The average molecular weight is 1070 g/mol. The molecule has 0 saturated carbocycles. The van der Waals surface area contributed by atoms with Crippen molar-refractivity contribution in [3.8, 4) is 0 Å². The third-order valence-corrected chi connectivity index (χ3v) is 16.2. The van der Waals surface area contributed by atoms with Gasteiger partial charge in [-0.25, -0.2) is 4.57 Å². The molecule has 1 amide bonds. The summed E-state index contributed by atoms with van der Waals surface area (Å²) >= 11 is 0. The second-order valence-corrected chi connectivity index (χ2v) is 25.3. The van der Waals surface area contributed by atoms with Crippen LogP contribution >= 0.6 is 7.82 Å². The Bertz CT molecular complexity index is 1260. The number of unbranched alkanes of at least 4 members (excludes halogenated alkanes) is 46. The van der Waals surface area contributed by atoms with Gasteiger partial charge in [-0.1, -0.05) is 321 Å². The van der Waals surface area contributed by atoms with Crippen LogP contribution in [0.25, 0.3) is 0 Å². The molecule has 3 unspecified atom stereocenters. The Morgan fingerprint density at radius 3 is 1.08 bits per heavy atom. The number of rotatable bonds is 61. The van der Waals surface area contributed by atoms with Gasteiger partial charge in [0.05, 0.1) is 39.9 Å². The van der Waals surface area contributed by atoms with E-state index in [0.29, 0.717) is 17.4 Å². The number of phosphoric acid groups is 1. The van der Waals surface area contributed by atoms with Crippen molar-refractivity contribution in [1.29, 1.82) is 0 Å². The zero-order valence-corrected chi connectivity index (χ0v) is 51.3. The number of likely N-dealkylation sites (N-methyl/N-ethyl adjacent to an activating group) is 1. The van der Waals surface area contributed by atoms with Crippen LogP contribution in [0.2, 0.25) is 0 Å². The normalized spacial score (nSPS) is 13.9. The highest BCUT2D eigenvalue weighted by atomic mass is 31.2. The van der Waals surface area contributed by atoms with E-state index in [1.54, 1.807) is 6.08 Å². The molecule has 0 aliphatic rings. The molecule has 9 heteroatoms. The molecule has 0 radical (unpaired) electrons. The summed E-state index contributed by atoms with van der Waals surface area (Å²) in [5.74, 6) is -0.179. The minimum Gasteiger partial charge on any atom is -0.387 e. The number of phosphoric ester groups is 1. The Hall–Kier alpha value is -1.02. The van der Waals surface area contributed by atoms with Gasteiger partial charge in [0.2, 0.25) is 5.91 Å². The molecule has 0 aliphatic carbocycles. The van der Waals surface area contributed by atoms with Crippen LogP contribution in [0, 0.1) is 0 Å². The number of nitrogens with one attached hydrogen (secondary N) is 1. The Morgan fingerprint density at radius 1 is 0.446 bits per heavy atom. The summed E-state index contributed by atoms with van der Waals surface area (Å²) in [6.07, 6.45) is 73.2. The van der Waals surface area contributed by atoms with E-state index >= 15 is 0 Å². The smallest absolute Gasteiger partial charge is 0.387 e. The quantitative estimate of drug-likeness (QED) is 0.0243. The Kier molecular flexibility index (Phi) is 55.9. The van der Waals surface area contributed by atoms with Gasteiger partial charge >= 0.3 is 7.82 Å². The Balaban J connectivity index is 4.13. The molecule has 3 N–H and O–H groups in total. The molecule has 0 aliphatic heterocycles. The molecule has 0 fully saturated rings. The molecule has 0 aromatic rings. The number of amides is 1. The summed E-state index contributed by atoms with van der Waals surface area (Å²) in [5, 5.41) is 14.0. The molecule has 74 heavy (non-hydrogen) atoms. The summed E-state index contributed by atoms with van der Waals surface area (Å²) in [5.41, 5.74) is 0. The number of quaternary nitrogens is 1. The van der Waals surface area contributed by atoms with E-state index in [-0.39, 0.29) is 19.1 Å². The Morgan fingerprint density at radius 2 is 0.743 bits per heavy atom. The third kappa shape index (κ3) is 58.7. The lowest BCUT2D eigenvalue weighted by Crippen LogP contribution is -2.45. The van der Waals surface area contributed by atoms with E-state index in [1.165, 1.54) is 276 Å². The van der Waals surface area contributed by atoms with Gasteiger partial charge in [0.15, 0.2) is 0 Å². The monoisotopic (exact) mass is 1070 g/mol. The second-order valence-electron chi connectivity index (χ2n) is 23.8. The van der Waals surface area contributed by atoms with Gasteiger partial charge in [0.25, 0.3) is 0 Å². The van der Waals surface area contributed by atoms with E-state index in [0.717, 1.165) is 38.5 Å². The molecule has 8 nitrogen and oxygen atoms in total. The van der Waals surface area contributed by atoms with Crippen LogP contribution in [-0.2, 0) is 18.4 Å². The number of hydrogen-bond acceptors (Lipinski definition) is 5. The zero-order chi connectivity index (χ0) is 54.2. The van der Waals surface area contributed by atoms with E-state index in [4.69, 9.17) is 9.05 Å². The number of hydrogen-bond donors (Lipinski definition) is 3. The number of allylic oxidation sites excluding steroid dienone is 3. The first-order valence-electron chi connectivity index (χ1n) is 32.7. The molecule has 0 bridgehead atoms. The standard InChI is InChI=1S/C65H129N2O6P/c1-6-8-10-12-14-16-18-20-22-24-26-28-30-31-32-33-34-35-37-38-40-42-44-46-48-50-52-54-56-58-64(68)63(62-73-74(70,71)72-61-60-67(3,4)5)66-65(69)59-57-55-53-51-49-47-45-43-41-39-36-29-27-25-23-21-19-17-15-13-11-9-7-2/h48,50,56,58,63-64,68H,6-47,49,51-55,57,59-62H2,1-5H3,(H-,66,69,70,71)/p+1/b50-48+,58-56+. The van der Waals surface area contributed by atoms with E-state index in [2.05, 4.69) is 31.3 Å². The Labute approximate surface area is 462 Å². The first-order chi connectivity index (χ1) is 36.0. The van der Waals surface area contributed by atoms with Crippen LogP contribution in [0.15, 0.2) is 24.3 Å². The van der Waals surface area contributed by atoms with Crippen molar-refractivity contribution in [2.24, 2.45) is 0 Å². The lowest BCUT2D eigenvalue weighted by atomic mass is 10.0. The van der Waals surface area contributed by atoms with Crippen LogP contribution in [0.5, 0.6) is 0 Å². The van der Waals surface area contributed by atoms with Crippen molar-refractivity contribution >= 4 is 13.7 Å². The maximum atomic E-state index is 13.0. The van der Waals surface area contributed by atoms with Gasteiger partial charge in [-0.3, -0.25) is 13.8 Å². The lowest BCUT2D eigenvalue weighted by Gasteiger charge is -2.25. The molecular weight excluding hydrogens is 936 g/mol. The summed E-state index contributed by atoms with van der Waals surface area (Å²) in [6.45, 7) is 4.86. The molecule has 0 heterocycles. The van der Waals surface area contributed by atoms with Crippen molar-refractivity contribution in [3.63, 3.8) is 0 Å². The van der Waals surface area contributed by atoms with Crippen LogP contribution < -0.4 is 5.32 Å². The van der Waals surface area contributed by atoms with Crippen molar-refractivity contribution in [3.05, 3.63) is 24.3 Å². The summed E-state index contributed by atoms with van der Waals surface area (Å²) in [6, 6.07) is -0.861. The van der Waals surface area contributed by atoms with Crippen molar-refractivity contribution < 1.29 is 32.9 Å². The zero-order valence-electron chi connectivity index (χ0n) is 50.4. The van der Waals surface area contributed by atoms with E-state index in [9.17, 15) is 19.4 Å². The van der Waals surface area contributed by atoms with Crippen molar-refractivity contribution in [2.45, 2.75) is 347 Å². The fourth-order valence-corrected chi connectivity index (χ4v) is 10.8. The predicted octanol–water partition coefficient (Wildman–Crippen LogP) is 20.3. The number of aliphatic hydroxyl groups excluding tert-OH is 1. The van der Waals surface area contributed by atoms with Crippen molar-refractivity contribution in [2.75, 3.05) is 40.9 Å². The second kappa shape index (κ2) is 56.7. The molecule has 0 aromatic carbocycles. The highest BCUT2D eigenvalue weighted by Gasteiger charge is 2.28. The topological polar surface area (TPSA) is 105 Å². The van der Waals surface area contributed by atoms with E-state index in [1.807, 2.05) is 27.2 Å². The highest BCUT2D eigenvalue weighted by molar-refractivity contribution is 7.47. The third-order valence-electron chi connectivity index (χ3n) is 15.2. The molecule has 0 rings (SSSR count). The van der Waals surface area contributed by atoms with E-state index < -0.39 is 20.0 Å². The molecule has 0 spiro atoms. The summed E-state index contributed by atoms with van der Waals surface area (Å²) in [4.78, 5) is 23.4. The molecule has 3 atom stereocenters.